The Bertz CT molecular complexity index is 1550. The van der Waals surface area contributed by atoms with Gasteiger partial charge in [0.25, 0.3) is 0 Å². The largest absolute Gasteiger partial charge is 0.464 e. The Morgan fingerprint density at radius 2 is 1.71 bits per heavy atom. The normalized spacial score (nSPS) is 11.4. The highest BCUT2D eigenvalue weighted by Crippen LogP contribution is 2.42. The van der Waals surface area contributed by atoms with E-state index < -0.39 is 0 Å². The van der Waals surface area contributed by atoms with E-state index in [4.69, 9.17) is 36.5 Å². The van der Waals surface area contributed by atoms with Gasteiger partial charge in [0.1, 0.15) is 17.4 Å². The van der Waals surface area contributed by atoms with E-state index >= 15 is 0 Å². The molecule has 4 aromatic heterocycles. The lowest BCUT2D eigenvalue weighted by Crippen LogP contribution is -1.99. The second-order valence-electron chi connectivity index (χ2n) is 7.57. The van der Waals surface area contributed by atoms with Gasteiger partial charge in [-0.2, -0.15) is 5.26 Å². The zero-order valence-electron chi connectivity index (χ0n) is 18.2. The Morgan fingerprint density at radius 3 is 2.35 bits per heavy atom. The fourth-order valence-corrected chi connectivity index (χ4v) is 4.21. The van der Waals surface area contributed by atoms with Gasteiger partial charge >= 0.3 is 0 Å². The van der Waals surface area contributed by atoms with Crippen molar-refractivity contribution in [1.82, 2.24) is 4.57 Å². The smallest absolute Gasteiger partial charge is 0.238 e. The molecule has 0 amide bonds. The van der Waals surface area contributed by atoms with E-state index in [2.05, 4.69) is 15.6 Å². The first-order chi connectivity index (χ1) is 16.5. The average Bonchev–Trinajstić information content (AvgIpc) is 3.61. The number of furan rings is 3. The number of nitriles is 1. The van der Waals surface area contributed by atoms with Crippen LogP contribution in [0.1, 0.15) is 22.5 Å². The van der Waals surface area contributed by atoms with Gasteiger partial charge in [-0.1, -0.05) is 23.2 Å². The summed E-state index contributed by atoms with van der Waals surface area (Å²) in [6.45, 7) is 3.97. The molecule has 4 heterocycles. The van der Waals surface area contributed by atoms with Crippen LogP contribution in [0.3, 0.4) is 0 Å². The van der Waals surface area contributed by atoms with Crippen LogP contribution in [0.4, 0.5) is 5.88 Å². The van der Waals surface area contributed by atoms with Gasteiger partial charge in [0.15, 0.2) is 11.5 Å². The molecule has 1 aromatic carbocycles. The summed E-state index contributed by atoms with van der Waals surface area (Å²) < 4.78 is 19.1. The Balaban J connectivity index is 1.59. The van der Waals surface area contributed by atoms with Crippen LogP contribution in [0.5, 0.6) is 0 Å². The molecule has 0 fully saturated rings. The van der Waals surface area contributed by atoms with Gasteiger partial charge in [-0.15, -0.1) is 0 Å². The van der Waals surface area contributed by atoms with E-state index in [1.807, 2.05) is 32.0 Å². The lowest BCUT2D eigenvalue weighted by atomic mass is 10.1. The maximum absolute atomic E-state index is 9.92. The summed E-state index contributed by atoms with van der Waals surface area (Å²) in [5.74, 6) is 1.51. The molecule has 0 unspecified atom stereocenters. The molecule has 0 aliphatic rings. The minimum Gasteiger partial charge on any atom is -0.464 e. The van der Waals surface area contributed by atoms with Crippen LogP contribution in [0, 0.1) is 25.2 Å². The number of halogens is 2. The van der Waals surface area contributed by atoms with Crippen LogP contribution < -0.4 is 0 Å². The van der Waals surface area contributed by atoms with Crippen LogP contribution >= 0.6 is 23.2 Å². The average molecular weight is 490 g/mol. The second kappa shape index (κ2) is 8.79. The third-order valence-electron chi connectivity index (χ3n) is 5.47. The molecule has 5 aromatic rings. The number of hydrogen-bond donors (Lipinski definition) is 0. The van der Waals surface area contributed by atoms with Gasteiger partial charge in [-0.25, -0.2) is 4.99 Å². The monoisotopic (exact) mass is 489 g/mol. The number of hydrogen-bond acceptors (Lipinski definition) is 5. The third-order valence-corrected chi connectivity index (χ3v) is 6.21. The van der Waals surface area contributed by atoms with E-state index in [-0.39, 0.29) is 11.4 Å². The molecule has 0 saturated carbocycles. The van der Waals surface area contributed by atoms with Crippen LogP contribution in [-0.4, -0.2) is 10.8 Å². The zero-order valence-corrected chi connectivity index (χ0v) is 19.7. The van der Waals surface area contributed by atoms with Gasteiger partial charge in [-0.3, -0.25) is 0 Å². The summed E-state index contributed by atoms with van der Waals surface area (Å²) in [6, 6.07) is 16.7. The molecule has 6 nitrogen and oxygen atoms in total. The summed E-state index contributed by atoms with van der Waals surface area (Å²) in [4.78, 5) is 4.53. The highest BCUT2D eigenvalue weighted by atomic mass is 35.5. The number of benzene rings is 1. The summed E-state index contributed by atoms with van der Waals surface area (Å²) in [6.07, 6.45) is 4.75. The van der Waals surface area contributed by atoms with E-state index in [9.17, 15) is 5.26 Å². The molecule has 0 bridgehead atoms. The summed E-state index contributed by atoms with van der Waals surface area (Å²) in [5.41, 5.74) is 4.45. The molecule has 168 valence electrons. The predicted octanol–water partition coefficient (Wildman–Crippen LogP) is 8.14. The minimum atomic E-state index is 0.166. The lowest BCUT2D eigenvalue weighted by molar-refractivity contribution is 0.527. The summed E-state index contributed by atoms with van der Waals surface area (Å²) in [7, 11) is 0. The van der Waals surface area contributed by atoms with Crippen molar-refractivity contribution >= 4 is 35.3 Å². The highest BCUT2D eigenvalue weighted by molar-refractivity contribution is 6.42. The standard InChI is InChI=1S/C26H17Cl2N3O3/c1-15-11-17(16(2)31(15)18-7-8-20(27)21(28)12-18)14-30-26-19(13-29)24(22-5-3-9-32-22)25(34-26)23-6-4-10-33-23/h3-12,14H,1-2H3. The maximum atomic E-state index is 9.92. The van der Waals surface area contributed by atoms with Crippen molar-refractivity contribution in [2.24, 2.45) is 4.99 Å². The fourth-order valence-electron chi connectivity index (χ4n) is 3.92. The van der Waals surface area contributed by atoms with Crippen molar-refractivity contribution in [3.05, 3.63) is 93.6 Å². The number of aliphatic imine (C=N–C) groups is 1. The molecule has 8 heteroatoms. The number of nitrogens with zero attached hydrogens (tertiary/aromatic N) is 3. The summed E-state index contributed by atoms with van der Waals surface area (Å²) in [5, 5.41) is 10.9. The predicted molar refractivity (Wildman–Crippen MR) is 131 cm³/mol. The molecule has 0 spiro atoms. The molecule has 34 heavy (non-hydrogen) atoms. The summed E-state index contributed by atoms with van der Waals surface area (Å²) >= 11 is 12.3. The van der Waals surface area contributed by atoms with E-state index in [0.717, 1.165) is 22.6 Å². The van der Waals surface area contributed by atoms with E-state index in [0.29, 0.717) is 32.9 Å². The van der Waals surface area contributed by atoms with Gasteiger partial charge < -0.3 is 17.8 Å². The first-order valence-electron chi connectivity index (χ1n) is 10.3. The Kier molecular flexibility index (Phi) is 5.66. The quantitative estimate of drug-likeness (QED) is 0.233. The molecule has 0 N–H and O–H groups in total. The highest BCUT2D eigenvalue weighted by Gasteiger charge is 2.26. The molecule has 5 rings (SSSR count). The van der Waals surface area contributed by atoms with Crippen molar-refractivity contribution in [1.29, 1.82) is 5.26 Å². The number of rotatable bonds is 5. The van der Waals surface area contributed by atoms with Gasteiger partial charge in [0.05, 0.1) is 28.1 Å². The zero-order chi connectivity index (χ0) is 23.8. The fraction of sp³-hybridized carbons (Fsp3) is 0.0769. The van der Waals surface area contributed by atoms with Crippen molar-refractivity contribution < 1.29 is 13.3 Å². The third kappa shape index (κ3) is 3.75. The molecule has 0 aliphatic heterocycles. The molecule has 0 radical (unpaired) electrons. The van der Waals surface area contributed by atoms with Crippen LogP contribution in [0.15, 0.2) is 79.3 Å². The number of aryl methyl sites for hydroxylation is 1. The van der Waals surface area contributed by atoms with Gasteiger partial charge in [0, 0.05) is 28.9 Å². The van der Waals surface area contributed by atoms with Crippen molar-refractivity contribution in [3.63, 3.8) is 0 Å². The second-order valence-corrected chi connectivity index (χ2v) is 8.39. The molecule has 0 saturated heterocycles. The minimum absolute atomic E-state index is 0.166. The Hall–Kier alpha value is -3.92. The number of aromatic nitrogens is 1. The molecular weight excluding hydrogens is 473 g/mol. The Labute approximate surface area is 205 Å². The first-order valence-corrected chi connectivity index (χ1v) is 11.1. The lowest BCUT2D eigenvalue weighted by Gasteiger charge is -2.10. The van der Waals surface area contributed by atoms with E-state index in [1.165, 1.54) is 12.5 Å². The van der Waals surface area contributed by atoms with Gasteiger partial charge in [0.2, 0.25) is 5.88 Å². The molecule has 0 atom stereocenters. The topological polar surface area (TPSA) is 80.5 Å². The Morgan fingerprint density at radius 1 is 0.971 bits per heavy atom. The van der Waals surface area contributed by atoms with Crippen LogP contribution in [-0.2, 0) is 0 Å². The molecular formula is C26H17Cl2N3O3. The van der Waals surface area contributed by atoms with Crippen molar-refractivity contribution in [2.75, 3.05) is 0 Å². The van der Waals surface area contributed by atoms with Gasteiger partial charge in [-0.05, 0) is 62.4 Å². The van der Waals surface area contributed by atoms with Crippen LogP contribution in [0.25, 0.3) is 28.5 Å². The molecule has 0 aliphatic carbocycles. The van der Waals surface area contributed by atoms with Crippen molar-refractivity contribution in [3.8, 4) is 34.6 Å². The SMILES string of the molecule is Cc1cc(C=Nc2oc(-c3ccco3)c(-c3ccco3)c2C#N)c(C)n1-c1ccc(Cl)c(Cl)c1. The van der Waals surface area contributed by atoms with Crippen molar-refractivity contribution in [2.45, 2.75) is 13.8 Å². The van der Waals surface area contributed by atoms with E-state index in [1.54, 1.807) is 36.5 Å². The first kappa shape index (κ1) is 21.9. The maximum Gasteiger partial charge on any atom is 0.238 e. The van der Waals surface area contributed by atoms with Crippen LogP contribution in [0.2, 0.25) is 10.0 Å².